The Balaban J connectivity index is 2.24. The lowest BCUT2D eigenvalue weighted by molar-refractivity contribution is -0.131. The molecule has 0 heterocycles. The molecule has 1 aromatic carbocycles. The van der Waals surface area contributed by atoms with Gasteiger partial charge in [-0.05, 0) is 43.0 Å². The van der Waals surface area contributed by atoms with Gasteiger partial charge in [0.25, 0.3) is 0 Å². The number of carboxylic acids is 1. The van der Waals surface area contributed by atoms with Gasteiger partial charge in [-0.1, -0.05) is 12.1 Å². The smallest absolute Gasteiger partial charge is 0.328 e. The first-order valence-corrected chi connectivity index (χ1v) is 7.46. The average Bonchev–Trinajstić information content (AvgIpc) is 3.14. The molecule has 6 heteroatoms. The number of carbonyl (C=O) groups is 1. The standard InChI is InChI=1S/C13H15NO4S/c1-9-2-3-10(4-7-13(15)16)8-12(9)14-19(17,18)11-5-6-11/h2-4,7-8,11,14H,5-6H2,1H3,(H,15,16). The molecule has 2 rings (SSSR count). The van der Waals surface area contributed by atoms with Crippen LogP contribution in [0.2, 0.25) is 0 Å². The Kier molecular flexibility index (Phi) is 3.61. The van der Waals surface area contributed by atoms with Gasteiger partial charge in [-0.2, -0.15) is 0 Å². The maximum atomic E-state index is 11.9. The number of sulfonamides is 1. The summed E-state index contributed by atoms with van der Waals surface area (Å²) in [6.07, 6.45) is 3.85. The molecule has 1 saturated carbocycles. The molecule has 0 spiro atoms. The van der Waals surface area contributed by atoms with Crippen LogP contribution in [-0.4, -0.2) is 24.7 Å². The molecule has 0 bridgehead atoms. The summed E-state index contributed by atoms with van der Waals surface area (Å²) in [4.78, 5) is 10.5. The second-order valence-electron chi connectivity index (χ2n) is 4.59. The molecule has 102 valence electrons. The van der Waals surface area contributed by atoms with Crippen molar-refractivity contribution < 1.29 is 18.3 Å². The zero-order valence-corrected chi connectivity index (χ0v) is 11.3. The maximum Gasteiger partial charge on any atom is 0.328 e. The number of nitrogens with one attached hydrogen (secondary N) is 1. The first-order valence-electron chi connectivity index (χ1n) is 5.92. The number of hydrogen-bond donors (Lipinski definition) is 2. The predicted octanol–water partition coefficient (Wildman–Crippen LogP) is 2.00. The van der Waals surface area contributed by atoms with Crippen LogP contribution in [0.1, 0.15) is 24.0 Å². The fourth-order valence-electron chi connectivity index (χ4n) is 1.64. The third kappa shape index (κ3) is 3.57. The van der Waals surface area contributed by atoms with E-state index in [4.69, 9.17) is 5.11 Å². The Morgan fingerprint density at radius 3 is 2.68 bits per heavy atom. The van der Waals surface area contributed by atoms with E-state index in [1.807, 2.05) is 0 Å². The zero-order chi connectivity index (χ0) is 14.0. The van der Waals surface area contributed by atoms with Crippen molar-refractivity contribution in [3.05, 3.63) is 35.4 Å². The molecule has 0 radical (unpaired) electrons. The summed E-state index contributed by atoms with van der Waals surface area (Å²) >= 11 is 0. The molecule has 1 fully saturated rings. The van der Waals surface area contributed by atoms with Crippen LogP contribution in [0.15, 0.2) is 24.3 Å². The second kappa shape index (κ2) is 5.05. The molecule has 0 atom stereocenters. The van der Waals surface area contributed by atoms with Crippen LogP contribution in [0.5, 0.6) is 0 Å². The number of aliphatic carboxylic acids is 1. The molecule has 1 aromatic rings. The molecule has 1 aliphatic rings. The average molecular weight is 281 g/mol. The molecular weight excluding hydrogens is 266 g/mol. The quantitative estimate of drug-likeness (QED) is 0.808. The fraction of sp³-hybridized carbons (Fsp3) is 0.308. The number of hydrogen-bond acceptors (Lipinski definition) is 3. The molecule has 0 amide bonds. The van der Waals surface area contributed by atoms with E-state index in [-0.39, 0.29) is 5.25 Å². The van der Waals surface area contributed by atoms with Gasteiger partial charge >= 0.3 is 5.97 Å². The van der Waals surface area contributed by atoms with E-state index in [1.54, 1.807) is 25.1 Å². The van der Waals surface area contributed by atoms with E-state index < -0.39 is 16.0 Å². The van der Waals surface area contributed by atoms with Crippen LogP contribution in [0.3, 0.4) is 0 Å². The van der Waals surface area contributed by atoms with E-state index in [0.717, 1.165) is 11.6 Å². The minimum absolute atomic E-state index is 0.287. The molecule has 0 aliphatic heterocycles. The van der Waals surface area contributed by atoms with Crippen molar-refractivity contribution in [2.75, 3.05) is 4.72 Å². The number of aryl methyl sites for hydroxylation is 1. The van der Waals surface area contributed by atoms with Crippen molar-refractivity contribution in [1.29, 1.82) is 0 Å². The van der Waals surface area contributed by atoms with Crippen molar-refractivity contribution in [2.45, 2.75) is 25.0 Å². The van der Waals surface area contributed by atoms with Gasteiger partial charge in [0.2, 0.25) is 10.0 Å². The van der Waals surface area contributed by atoms with Crippen LogP contribution in [-0.2, 0) is 14.8 Å². The van der Waals surface area contributed by atoms with E-state index in [0.29, 0.717) is 24.1 Å². The summed E-state index contributed by atoms with van der Waals surface area (Å²) in [6, 6.07) is 5.13. The third-order valence-electron chi connectivity index (χ3n) is 2.90. The maximum absolute atomic E-state index is 11.9. The van der Waals surface area contributed by atoms with Gasteiger partial charge in [-0.15, -0.1) is 0 Å². The van der Waals surface area contributed by atoms with Gasteiger partial charge in [-0.3, -0.25) is 4.72 Å². The summed E-state index contributed by atoms with van der Waals surface area (Å²) in [6.45, 7) is 1.80. The first kappa shape index (κ1) is 13.6. The highest BCUT2D eigenvalue weighted by Gasteiger charge is 2.35. The summed E-state index contributed by atoms with van der Waals surface area (Å²) in [5, 5.41) is 8.28. The second-order valence-corrected chi connectivity index (χ2v) is 6.55. The normalized spacial score (nSPS) is 15.6. The fourth-order valence-corrected chi connectivity index (χ4v) is 3.09. The Bertz CT molecular complexity index is 630. The molecule has 0 unspecified atom stereocenters. The summed E-state index contributed by atoms with van der Waals surface area (Å²) < 4.78 is 26.3. The van der Waals surface area contributed by atoms with Crippen molar-refractivity contribution in [3.8, 4) is 0 Å². The summed E-state index contributed by atoms with van der Waals surface area (Å²) in [7, 11) is -3.30. The zero-order valence-electron chi connectivity index (χ0n) is 10.5. The van der Waals surface area contributed by atoms with Crippen molar-refractivity contribution in [3.63, 3.8) is 0 Å². The van der Waals surface area contributed by atoms with E-state index in [1.165, 1.54) is 6.08 Å². The largest absolute Gasteiger partial charge is 0.478 e. The number of carboxylic acid groups (broad SMARTS) is 1. The predicted molar refractivity (Wildman–Crippen MR) is 73.4 cm³/mol. The molecule has 19 heavy (non-hydrogen) atoms. The molecule has 5 nitrogen and oxygen atoms in total. The minimum atomic E-state index is -3.30. The van der Waals surface area contributed by atoms with Crippen LogP contribution in [0, 0.1) is 6.92 Å². The summed E-state index contributed by atoms with van der Waals surface area (Å²) in [5.74, 6) is -1.04. The lowest BCUT2D eigenvalue weighted by Gasteiger charge is -2.10. The van der Waals surface area contributed by atoms with E-state index in [9.17, 15) is 13.2 Å². The van der Waals surface area contributed by atoms with Crippen LogP contribution >= 0.6 is 0 Å². The lowest BCUT2D eigenvalue weighted by Crippen LogP contribution is -2.18. The number of anilines is 1. The van der Waals surface area contributed by atoms with E-state index >= 15 is 0 Å². The minimum Gasteiger partial charge on any atom is -0.478 e. The van der Waals surface area contributed by atoms with Crippen LogP contribution in [0.4, 0.5) is 5.69 Å². The van der Waals surface area contributed by atoms with Gasteiger partial charge < -0.3 is 5.11 Å². The van der Waals surface area contributed by atoms with Crippen LogP contribution in [0.25, 0.3) is 6.08 Å². The first-order chi connectivity index (χ1) is 8.88. The molecule has 1 aliphatic carbocycles. The van der Waals surface area contributed by atoms with Gasteiger partial charge in [0.1, 0.15) is 0 Å². The highest BCUT2D eigenvalue weighted by molar-refractivity contribution is 7.93. The molecular formula is C13H15NO4S. The molecule has 0 aromatic heterocycles. The van der Waals surface area contributed by atoms with Crippen molar-refractivity contribution >= 4 is 27.8 Å². The van der Waals surface area contributed by atoms with Crippen LogP contribution < -0.4 is 4.72 Å². The van der Waals surface area contributed by atoms with Gasteiger partial charge in [0.15, 0.2) is 0 Å². The Hall–Kier alpha value is -1.82. The number of benzene rings is 1. The Morgan fingerprint density at radius 1 is 1.42 bits per heavy atom. The highest BCUT2D eigenvalue weighted by Crippen LogP contribution is 2.30. The van der Waals surface area contributed by atoms with Crippen molar-refractivity contribution in [2.24, 2.45) is 0 Å². The van der Waals surface area contributed by atoms with Gasteiger partial charge in [0, 0.05) is 6.08 Å². The highest BCUT2D eigenvalue weighted by atomic mass is 32.2. The Labute approximate surface area is 112 Å². The molecule has 0 saturated heterocycles. The molecule has 2 N–H and O–H groups in total. The third-order valence-corrected chi connectivity index (χ3v) is 4.75. The van der Waals surface area contributed by atoms with E-state index in [2.05, 4.69) is 4.72 Å². The SMILES string of the molecule is Cc1ccc(C=CC(=O)O)cc1NS(=O)(=O)C1CC1. The Morgan fingerprint density at radius 2 is 2.11 bits per heavy atom. The lowest BCUT2D eigenvalue weighted by atomic mass is 10.1. The van der Waals surface area contributed by atoms with Crippen molar-refractivity contribution in [1.82, 2.24) is 0 Å². The topological polar surface area (TPSA) is 83.5 Å². The summed E-state index contributed by atoms with van der Waals surface area (Å²) in [5.41, 5.74) is 1.94. The van der Waals surface area contributed by atoms with Gasteiger partial charge in [0.05, 0.1) is 10.9 Å². The van der Waals surface area contributed by atoms with Gasteiger partial charge in [-0.25, -0.2) is 13.2 Å². The monoisotopic (exact) mass is 281 g/mol. The number of rotatable bonds is 5.